The van der Waals surface area contributed by atoms with Crippen molar-refractivity contribution >= 4 is 40.9 Å². The summed E-state index contributed by atoms with van der Waals surface area (Å²) in [6, 6.07) is 13.8. The van der Waals surface area contributed by atoms with E-state index in [2.05, 4.69) is 15.5 Å². The number of aromatic nitrogens is 3. The highest BCUT2D eigenvalue weighted by Gasteiger charge is 2.20. The normalized spacial score (nSPS) is 11.8. The minimum Gasteiger partial charge on any atom is -0.366 e. The molecule has 9 heteroatoms. The van der Waals surface area contributed by atoms with Crippen molar-refractivity contribution in [2.75, 3.05) is 5.32 Å². The van der Waals surface area contributed by atoms with Gasteiger partial charge in [0.2, 0.25) is 11.8 Å². The third kappa shape index (κ3) is 4.96. The Kier molecular flexibility index (Phi) is 6.56. The van der Waals surface area contributed by atoms with E-state index in [1.165, 1.54) is 11.8 Å². The minimum absolute atomic E-state index is 0.184. The van der Waals surface area contributed by atoms with Crippen molar-refractivity contribution in [3.63, 3.8) is 0 Å². The number of nitrogens with one attached hydrogen (secondary N) is 1. The maximum atomic E-state index is 12.6. The summed E-state index contributed by atoms with van der Waals surface area (Å²) in [7, 11) is 0. The molecule has 3 rings (SSSR count). The fourth-order valence-electron chi connectivity index (χ4n) is 2.68. The summed E-state index contributed by atoms with van der Waals surface area (Å²) in [4.78, 5) is 23.7. The number of hydrogen-bond donors (Lipinski definition) is 2. The van der Waals surface area contributed by atoms with Crippen LogP contribution in [-0.4, -0.2) is 31.8 Å². The monoisotopic (exact) mass is 429 g/mol. The van der Waals surface area contributed by atoms with Crippen molar-refractivity contribution in [3.05, 3.63) is 59.1 Å². The second-order valence-electron chi connectivity index (χ2n) is 6.25. The molecular formula is C20H20ClN5O2S. The van der Waals surface area contributed by atoms with Crippen LogP contribution in [0.25, 0.3) is 11.4 Å². The van der Waals surface area contributed by atoms with Crippen molar-refractivity contribution in [1.82, 2.24) is 14.8 Å². The molecule has 1 aromatic heterocycles. The van der Waals surface area contributed by atoms with Crippen LogP contribution in [0.3, 0.4) is 0 Å². The maximum Gasteiger partial charge on any atom is 0.248 e. The summed E-state index contributed by atoms with van der Waals surface area (Å²) in [6.45, 7) is 4.44. The Hall–Kier alpha value is -2.84. The molecule has 29 heavy (non-hydrogen) atoms. The van der Waals surface area contributed by atoms with Crippen molar-refractivity contribution in [3.8, 4) is 11.4 Å². The molecular weight excluding hydrogens is 410 g/mol. The van der Waals surface area contributed by atoms with Gasteiger partial charge in [-0.1, -0.05) is 35.5 Å². The number of carbonyl (C=O) groups excluding carboxylic acids is 2. The van der Waals surface area contributed by atoms with Gasteiger partial charge in [0.15, 0.2) is 11.0 Å². The topological polar surface area (TPSA) is 103 Å². The Morgan fingerprint density at radius 1 is 1.21 bits per heavy atom. The van der Waals surface area contributed by atoms with E-state index in [0.29, 0.717) is 33.8 Å². The predicted molar refractivity (Wildman–Crippen MR) is 115 cm³/mol. The third-order valence-electron chi connectivity index (χ3n) is 4.20. The molecule has 1 heterocycles. The molecule has 0 saturated carbocycles. The molecule has 2 aromatic carbocycles. The van der Waals surface area contributed by atoms with E-state index in [-0.39, 0.29) is 5.91 Å². The second-order valence-corrected chi connectivity index (χ2v) is 8.00. The highest BCUT2D eigenvalue weighted by atomic mass is 35.5. The lowest BCUT2D eigenvalue weighted by molar-refractivity contribution is -0.115. The van der Waals surface area contributed by atoms with Crippen LogP contribution in [0, 0.1) is 0 Å². The van der Waals surface area contributed by atoms with Crippen LogP contribution in [-0.2, 0) is 11.3 Å². The lowest BCUT2D eigenvalue weighted by Crippen LogP contribution is -2.23. The standard InChI is InChI=1S/C20H20ClN5O2S/c1-3-26-18(14-5-4-6-15(21)11-14)24-25-20(26)29-12(2)19(28)23-16-9-7-13(8-10-16)17(22)27/h4-12H,3H2,1-2H3,(H2,22,27)(H,23,28). The van der Waals surface area contributed by atoms with Crippen LogP contribution in [0.4, 0.5) is 5.69 Å². The van der Waals surface area contributed by atoms with E-state index < -0.39 is 11.2 Å². The first kappa shape index (κ1) is 20.9. The Balaban J connectivity index is 1.72. The Labute approximate surface area is 177 Å². The molecule has 0 fully saturated rings. The fourth-order valence-corrected chi connectivity index (χ4v) is 3.78. The highest BCUT2D eigenvalue weighted by molar-refractivity contribution is 8.00. The molecule has 0 aliphatic rings. The van der Waals surface area contributed by atoms with E-state index in [0.717, 1.165) is 5.56 Å². The molecule has 3 aromatic rings. The average molecular weight is 430 g/mol. The number of thioether (sulfide) groups is 1. The van der Waals surface area contributed by atoms with Crippen molar-refractivity contribution < 1.29 is 9.59 Å². The number of primary amides is 1. The van der Waals surface area contributed by atoms with Crippen LogP contribution in [0.1, 0.15) is 24.2 Å². The number of nitrogens with two attached hydrogens (primary N) is 1. The third-order valence-corrected chi connectivity index (χ3v) is 5.52. The molecule has 0 aliphatic carbocycles. The minimum atomic E-state index is -0.513. The second kappa shape index (κ2) is 9.11. The summed E-state index contributed by atoms with van der Waals surface area (Å²) < 4.78 is 1.95. The molecule has 0 bridgehead atoms. The van der Waals surface area contributed by atoms with Gasteiger partial charge in [0.1, 0.15) is 0 Å². The highest BCUT2D eigenvalue weighted by Crippen LogP contribution is 2.28. The molecule has 7 nitrogen and oxygen atoms in total. The van der Waals surface area contributed by atoms with Crippen molar-refractivity contribution in [2.24, 2.45) is 5.73 Å². The van der Waals surface area contributed by atoms with Gasteiger partial charge in [-0.25, -0.2) is 0 Å². The maximum absolute atomic E-state index is 12.6. The van der Waals surface area contributed by atoms with Gasteiger partial charge < -0.3 is 15.6 Å². The van der Waals surface area contributed by atoms with Gasteiger partial charge in [0.25, 0.3) is 0 Å². The SMILES string of the molecule is CCn1c(SC(C)C(=O)Nc2ccc(C(N)=O)cc2)nnc1-c1cccc(Cl)c1. The summed E-state index contributed by atoms with van der Waals surface area (Å²) in [5.41, 5.74) is 7.06. The molecule has 2 amide bonds. The Morgan fingerprint density at radius 3 is 2.55 bits per heavy atom. The van der Waals surface area contributed by atoms with Gasteiger partial charge in [0, 0.05) is 28.4 Å². The smallest absolute Gasteiger partial charge is 0.248 e. The first-order valence-corrected chi connectivity index (χ1v) is 10.2. The van der Waals surface area contributed by atoms with Crippen LogP contribution < -0.4 is 11.1 Å². The fraction of sp³-hybridized carbons (Fsp3) is 0.200. The number of hydrogen-bond acceptors (Lipinski definition) is 5. The average Bonchev–Trinajstić information content (AvgIpc) is 3.10. The van der Waals surface area contributed by atoms with E-state index in [9.17, 15) is 9.59 Å². The molecule has 1 atom stereocenters. The summed E-state index contributed by atoms with van der Waals surface area (Å²) in [5.74, 6) is 0.00476. The van der Waals surface area contributed by atoms with Crippen molar-refractivity contribution in [2.45, 2.75) is 30.8 Å². The first-order valence-electron chi connectivity index (χ1n) is 8.95. The lowest BCUT2D eigenvalue weighted by Gasteiger charge is -2.13. The number of benzene rings is 2. The first-order chi connectivity index (χ1) is 13.9. The summed E-state index contributed by atoms with van der Waals surface area (Å²) >= 11 is 7.41. The zero-order valence-electron chi connectivity index (χ0n) is 15.9. The molecule has 0 spiro atoms. The zero-order valence-corrected chi connectivity index (χ0v) is 17.5. The molecule has 3 N–H and O–H groups in total. The van der Waals surface area contributed by atoms with E-state index >= 15 is 0 Å². The van der Waals surface area contributed by atoms with Crippen LogP contribution in [0.5, 0.6) is 0 Å². The van der Waals surface area contributed by atoms with E-state index in [1.54, 1.807) is 37.3 Å². The number of halogens is 1. The van der Waals surface area contributed by atoms with Crippen LogP contribution in [0.15, 0.2) is 53.7 Å². The molecule has 1 unspecified atom stereocenters. The van der Waals surface area contributed by atoms with Gasteiger partial charge >= 0.3 is 0 Å². The summed E-state index contributed by atoms with van der Waals surface area (Å²) in [6.07, 6.45) is 0. The van der Waals surface area contributed by atoms with Gasteiger partial charge in [-0.2, -0.15) is 0 Å². The van der Waals surface area contributed by atoms with Gasteiger partial charge in [0.05, 0.1) is 5.25 Å². The molecule has 0 saturated heterocycles. The quantitative estimate of drug-likeness (QED) is 0.555. The molecule has 0 radical (unpaired) electrons. The number of rotatable bonds is 7. The van der Waals surface area contributed by atoms with Crippen molar-refractivity contribution in [1.29, 1.82) is 0 Å². The van der Waals surface area contributed by atoms with E-state index in [4.69, 9.17) is 17.3 Å². The van der Waals surface area contributed by atoms with Gasteiger partial charge in [-0.3, -0.25) is 9.59 Å². The number of amides is 2. The number of carbonyl (C=O) groups is 2. The zero-order chi connectivity index (χ0) is 21.0. The number of anilines is 1. The summed E-state index contributed by atoms with van der Waals surface area (Å²) in [5, 5.41) is 12.2. The predicted octanol–water partition coefficient (Wildman–Crippen LogP) is 3.84. The van der Waals surface area contributed by atoms with Crippen LogP contribution >= 0.6 is 23.4 Å². The molecule has 150 valence electrons. The lowest BCUT2D eigenvalue weighted by atomic mass is 10.2. The Bertz CT molecular complexity index is 1040. The Morgan fingerprint density at radius 2 is 1.93 bits per heavy atom. The number of nitrogens with zero attached hydrogens (tertiary/aromatic N) is 3. The van der Waals surface area contributed by atoms with Crippen LogP contribution in [0.2, 0.25) is 5.02 Å². The van der Waals surface area contributed by atoms with Gasteiger partial charge in [-0.05, 0) is 50.2 Å². The molecule has 0 aliphatic heterocycles. The van der Waals surface area contributed by atoms with E-state index in [1.807, 2.05) is 29.7 Å². The largest absolute Gasteiger partial charge is 0.366 e. The van der Waals surface area contributed by atoms with Gasteiger partial charge in [-0.15, -0.1) is 10.2 Å².